The Morgan fingerprint density at radius 2 is 1.80 bits per heavy atom. The number of aromatic nitrogens is 1. The molecular weight excluding hydrogens is 521 g/mol. The smallest absolute Gasteiger partial charge is 0.339 e. The molecule has 214 valence electrons. The Balaban J connectivity index is 1.16. The van der Waals surface area contributed by atoms with Crippen LogP contribution in [0.2, 0.25) is 0 Å². The number of methoxy groups -OCH3 is 1. The summed E-state index contributed by atoms with van der Waals surface area (Å²) in [7, 11) is 1.33. The van der Waals surface area contributed by atoms with Gasteiger partial charge in [0.05, 0.1) is 30.5 Å². The van der Waals surface area contributed by atoms with Crippen LogP contribution in [0.4, 0.5) is 4.39 Å². The summed E-state index contributed by atoms with van der Waals surface area (Å²) >= 11 is 0. The van der Waals surface area contributed by atoms with Crippen molar-refractivity contribution in [3.63, 3.8) is 0 Å². The molecule has 3 heterocycles. The van der Waals surface area contributed by atoms with Gasteiger partial charge in [0.1, 0.15) is 11.6 Å². The summed E-state index contributed by atoms with van der Waals surface area (Å²) in [5, 5.41) is 0. The molecule has 41 heavy (non-hydrogen) atoms. The molecule has 0 N–H and O–H groups in total. The number of pyridine rings is 1. The third-order valence-electron chi connectivity index (χ3n) is 8.52. The number of rotatable bonds is 8. The molecule has 1 amide bonds. The standard InChI is InChI=1S/C33H36FN3O4/c1-3-41-30-17-21(16-27(22-4-5-22)31(30)23-6-8-25(34)9-7-23)20-36-13-10-26(11-14-36)37-15-12-29-28(32(37)38)18-24(19-35-29)33(39)40-2/h6-9,16-19,22,26H,3-5,10-15,20H2,1-2H3. The number of likely N-dealkylation sites (tertiary alicyclic amines) is 1. The highest BCUT2D eigenvalue weighted by Crippen LogP contribution is 2.48. The molecule has 7 nitrogen and oxygen atoms in total. The average Bonchev–Trinajstić information content (AvgIpc) is 3.84. The number of halogens is 1. The lowest BCUT2D eigenvalue weighted by molar-refractivity contribution is 0.0543. The van der Waals surface area contributed by atoms with E-state index in [0.29, 0.717) is 36.6 Å². The van der Waals surface area contributed by atoms with Crippen LogP contribution < -0.4 is 4.74 Å². The molecule has 1 saturated carbocycles. The molecule has 1 aromatic heterocycles. The van der Waals surface area contributed by atoms with Crippen LogP contribution in [0.1, 0.15) is 76.1 Å². The van der Waals surface area contributed by atoms with Gasteiger partial charge in [-0.05, 0) is 79.5 Å². The van der Waals surface area contributed by atoms with E-state index in [9.17, 15) is 14.0 Å². The van der Waals surface area contributed by atoms with Gasteiger partial charge in [0, 0.05) is 50.4 Å². The molecular formula is C33H36FN3O4. The molecule has 2 aromatic carbocycles. The minimum absolute atomic E-state index is 0.0465. The van der Waals surface area contributed by atoms with Crippen molar-refractivity contribution < 1.29 is 23.5 Å². The zero-order valence-corrected chi connectivity index (χ0v) is 23.7. The predicted molar refractivity (Wildman–Crippen MR) is 154 cm³/mol. The summed E-state index contributed by atoms with van der Waals surface area (Å²) < 4.78 is 24.6. The fourth-order valence-corrected chi connectivity index (χ4v) is 6.28. The lowest BCUT2D eigenvalue weighted by Crippen LogP contribution is -2.50. The van der Waals surface area contributed by atoms with E-state index < -0.39 is 5.97 Å². The Hall–Kier alpha value is -3.78. The van der Waals surface area contributed by atoms with Gasteiger partial charge >= 0.3 is 5.97 Å². The van der Waals surface area contributed by atoms with Crippen molar-refractivity contribution in [1.29, 1.82) is 0 Å². The predicted octanol–water partition coefficient (Wildman–Crippen LogP) is 5.61. The van der Waals surface area contributed by atoms with Gasteiger partial charge in [-0.1, -0.05) is 18.2 Å². The summed E-state index contributed by atoms with van der Waals surface area (Å²) in [4.78, 5) is 34.2. The SMILES string of the molecule is CCOc1cc(CN2CCC(N3CCc4ncc(C(=O)OC)cc4C3=O)CC2)cc(C2CC2)c1-c1ccc(F)cc1. The van der Waals surface area contributed by atoms with Gasteiger partial charge in [-0.25, -0.2) is 9.18 Å². The van der Waals surface area contributed by atoms with E-state index in [1.165, 1.54) is 36.6 Å². The molecule has 8 heteroatoms. The van der Waals surface area contributed by atoms with Gasteiger partial charge in [0.25, 0.3) is 5.91 Å². The minimum atomic E-state index is -0.485. The number of benzene rings is 2. The van der Waals surface area contributed by atoms with Crippen LogP contribution in [0.5, 0.6) is 5.75 Å². The van der Waals surface area contributed by atoms with Crippen molar-refractivity contribution in [3.05, 3.63) is 82.4 Å². The number of nitrogens with zero attached hydrogens (tertiary/aromatic N) is 3. The number of hydrogen-bond acceptors (Lipinski definition) is 6. The Morgan fingerprint density at radius 3 is 2.49 bits per heavy atom. The maximum atomic E-state index is 13.7. The average molecular weight is 558 g/mol. The highest BCUT2D eigenvalue weighted by molar-refractivity contribution is 5.99. The summed E-state index contributed by atoms with van der Waals surface area (Å²) in [5.74, 6) is 0.613. The second kappa shape index (κ2) is 11.6. The van der Waals surface area contributed by atoms with Crippen LogP contribution in [0.15, 0.2) is 48.7 Å². The van der Waals surface area contributed by atoms with E-state index in [4.69, 9.17) is 9.47 Å². The first-order chi connectivity index (χ1) is 19.9. The topological polar surface area (TPSA) is 72.0 Å². The number of ether oxygens (including phenoxy) is 2. The van der Waals surface area contributed by atoms with Gasteiger partial charge < -0.3 is 14.4 Å². The van der Waals surface area contributed by atoms with Crippen LogP contribution >= 0.6 is 0 Å². The van der Waals surface area contributed by atoms with Crippen molar-refractivity contribution >= 4 is 11.9 Å². The van der Waals surface area contributed by atoms with Gasteiger partial charge in [-0.2, -0.15) is 0 Å². The molecule has 1 aliphatic carbocycles. The van der Waals surface area contributed by atoms with Gasteiger partial charge in [-0.15, -0.1) is 0 Å². The first-order valence-corrected chi connectivity index (χ1v) is 14.6. The maximum absolute atomic E-state index is 13.7. The highest BCUT2D eigenvalue weighted by Gasteiger charge is 2.34. The number of esters is 1. The number of piperidine rings is 1. The van der Waals surface area contributed by atoms with Crippen LogP contribution in [-0.4, -0.2) is 66.1 Å². The maximum Gasteiger partial charge on any atom is 0.339 e. The lowest BCUT2D eigenvalue weighted by atomic mass is 9.92. The van der Waals surface area contributed by atoms with Gasteiger partial charge in [0.15, 0.2) is 0 Å². The number of carbonyl (C=O) groups is 2. The number of amides is 1. The molecule has 0 spiro atoms. The van der Waals surface area contributed by atoms with Crippen molar-refractivity contribution in [2.24, 2.45) is 0 Å². The van der Waals surface area contributed by atoms with E-state index in [-0.39, 0.29) is 17.8 Å². The molecule has 2 fully saturated rings. The molecule has 3 aliphatic rings. The number of hydrogen-bond donors (Lipinski definition) is 0. The second-order valence-electron chi connectivity index (χ2n) is 11.2. The molecule has 0 bridgehead atoms. The lowest BCUT2D eigenvalue weighted by Gasteiger charge is -2.40. The van der Waals surface area contributed by atoms with E-state index in [1.54, 1.807) is 6.07 Å². The fraction of sp³-hybridized carbons (Fsp3) is 0.424. The normalized spacial score (nSPS) is 17.8. The molecule has 0 radical (unpaired) electrons. The summed E-state index contributed by atoms with van der Waals surface area (Å²) in [6.07, 6.45) is 6.30. The van der Waals surface area contributed by atoms with Crippen LogP contribution in [-0.2, 0) is 17.7 Å². The van der Waals surface area contributed by atoms with Gasteiger partial charge in [0.2, 0.25) is 0 Å². The van der Waals surface area contributed by atoms with Crippen molar-refractivity contribution in [2.45, 2.75) is 57.5 Å². The molecule has 0 unspecified atom stereocenters. The van der Waals surface area contributed by atoms with Crippen molar-refractivity contribution in [1.82, 2.24) is 14.8 Å². The largest absolute Gasteiger partial charge is 0.493 e. The quantitative estimate of drug-likeness (QED) is 0.335. The van der Waals surface area contributed by atoms with E-state index in [0.717, 1.165) is 67.9 Å². The highest BCUT2D eigenvalue weighted by atomic mass is 19.1. The fourth-order valence-electron chi connectivity index (χ4n) is 6.28. The van der Waals surface area contributed by atoms with E-state index >= 15 is 0 Å². The third kappa shape index (κ3) is 5.71. The Labute approximate surface area is 240 Å². The van der Waals surface area contributed by atoms with Crippen molar-refractivity contribution in [2.75, 3.05) is 33.4 Å². The molecule has 2 aliphatic heterocycles. The Morgan fingerprint density at radius 1 is 1.05 bits per heavy atom. The second-order valence-corrected chi connectivity index (χ2v) is 11.2. The van der Waals surface area contributed by atoms with Crippen LogP contribution in [0.3, 0.4) is 0 Å². The summed E-state index contributed by atoms with van der Waals surface area (Å²) in [6, 6.07) is 13.0. The summed E-state index contributed by atoms with van der Waals surface area (Å²) in [5.41, 5.74) is 6.17. The van der Waals surface area contributed by atoms with Crippen LogP contribution in [0.25, 0.3) is 11.1 Å². The van der Waals surface area contributed by atoms with Crippen LogP contribution in [0, 0.1) is 5.82 Å². The molecule has 6 rings (SSSR count). The molecule has 0 atom stereocenters. The van der Waals surface area contributed by atoms with Crippen molar-refractivity contribution in [3.8, 4) is 16.9 Å². The first-order valence-electron chi connectivity index (χ1n) is 14.6. The van der Waals surface area contributed by atoms with Gasteiger partial charge in [-0.3, -0.25) is 14.7 Å². The number of fused-ring (bicyclic) bond motifs is 1. The zero-order valence-electron chi connectivity index (χ0n) is 23.7. The Bertz CT molecular complexity index is 1450. The zero-order chi connectivity index (χ0) is 28.5. The molecule has 3 aromatic rings. The van der Waals surface area contributed by atoms with E-state index in [1.807, 2.05) is 24.0 Å². The number of carbonyl (C=O) groups excluding carboxylic acids is 2. The minimum Gasteiger partial charge on any atom is -0.493 e. The summed E-state index contributed by atoms with van der Waals surface area (Å²) in [6.45, 7) is 5.81. The Kier molecular flexibility index (Phi) is 7.75. The third-order valence-corrected chi connectivity index (χ3v) is 8.52. The molecule has 1 saturated heterocycles. The monoisotopic (exact) mass is 557 g/mol. The first kappa shape index (κ1) is 27.4. The van der Waals surface area contributed by atoms with E-state index in [2.05, 4.69) is 22.0 Å².